The molecule has 2 aromatic carbocycles. The summed E-state index contributed by atoms with van der Waals surface area (Å²) in [5, 5.41) is 14.7. The first-order chi connectivity index (χ1) is 16.6. The molecule has 0 unspecified atom stereocenters. The molecule has 6 N–H and O–H groups in total. The van der Waals surface area contributed by atoms with Crippen molar-refractivity contribution in [1.82, 2.24) is 15.0 Å². The summed E-state index contributed by atoms with van der Waals surface area (Å²) in [5.74, 6) is 1.36. The predicted molar refractivity (Wildman–Crippen MR) is 132 cm³/mol. The van der Waals surface area contributed by atoms with Gasteiger partial charge < -0.3 is 36.1 Å². The summed E-state index contributed by atoms with van der Waals surface area (Å²) < 4.78 is 5.48. The Hall–Kier alpha value is -4.15. The Labute approximate surface area is 195 Å². The second-order valence-corrected chi connectivity index (χ2v) is 7.95. The fraction of sp³-hybridized carbons (Fsp3) is 0.208. The lowest BCUT2D eigenvalue weighted by molar-refractivity contribution is 0.122. The second kappa shape index (κ2) is 9.38. The lowest BCUT2D eigenvalue weighted by Crippen LogP contribution is -2.37. The van der Waals surface area contributed by atoms with E-state index in [1.54, 1.807) is 42.6 Å². The van der Waals surface area contributed by atoms with Crippen LogP contribution in [0.4, 0.5) is 27.7 Å². The number of hydrogen-bond acceptors (Lipinski definition) is 7. The van der Waals surface area contributed by atoms with Crippen molar-refractivity contribution in [3.8, 4) is 11.4 Å². The number of nitrogens with zero attached hydrogens (tertiary/aromatic N) is 3. The molecule has 34 heavy (non-hydrogen) atoms. The van der Waals surface area contributed by atoms with E-state index in [1.807, 2.05) is 12.1 Å². The molecule has 1 aliphatic rings. The first-order valence-electron chi connectivity index (χ1n) is 11.0. The number of hydrogen-bond donors (Lipinski definition) is 5. The zero-order valence-electron chi connectivity index (χ0n) is 18.4. The summed E-state index contributed by atoms with van der Waals surface area (Å²) in [5.41, 5.74) is 11.1. The van der Waals surface area contributed by atoms with Gasteiger partial charge in [-0.05, 0) is 42.0 Å². The van der Waals surface area contributed by atoms with E-state index >= 15 is 0 Å². The van der Waals surface area contributed by atoms with Crippen LogP contribution in [-0.2, 0) is 11.3 Å². The summed E-state index contributed by atoms with van der Waals surface area (Å²) in [6.07, 6.45) is 1.73. The van der Waals surface area contributed by atoms with E-state index in [9.17, 15) is 4.79 Å². The number of ether oxygens (including phenoxy) is 1. The standard InChI is InChI=1S/C24H25N7O3/c25-19-13-26-21-20(19)29-22(30-23(21)31-9-11-34-12-10-31)16-3-7-18(8-4-16)28-24(33)27-17-5-1-15(14-32)2-6-17/h1-8,13,26,32H,9-12,14,25H2,(H2,27,28,33). The predicted octanol–water partition coefficient (Wildman–Crippen LogP) is 3.18. The minimum absolute atomic E-state index is 0.0416. The topological polar surface area (TPSA) is 141 Å². The van der Waals surface area contributed by atoms with Gasteiger partial charge in [0.1, 0.15) is 11.0 Å². The number of anilines is 4. The van der Waals surface area contributed by atoms with Crippen LogP contribution in [0.3, 0.4) is 0 Å². The normalized spacial score (nSPS) is 13.7. The number of nitrogen functional groups attached to an aromatic ring is 1. The molecule has 174 valence electrons. The maximum absolute atomic E-state index is 12.3. The number of carbonyl (C=O) groups excluding carboxylic acids is 1. The van der Waals surface area contributed by atoms with Gasteiger partial charge in [0.2, 0.25) is 0 Å². The summed E-state index contributed by atoms with van der Waals surface area (Å²) in [4.78, 5) is 27.2. The molecule has 1 saturated heterocycles. The maximum atomic E-state index is 12.3. The van der Waals surface area contributed by atoms with Crippen LogP contribution in [0.25, 0.3) is 22.4 Å². The number of aliphatic hydroxyl groups excluding tert-OH is 1. The Kier molecular flexibility index (Phi) is 5.98. The number of carbonyl (C=O) groups is 1. The van der Waals surface area contributed by atoms with Crippen LogP contribution < -0.4 is 21.3 Å². The first-order valence-corrected chi connectivity index (χ1v) is 11.0. The van der Waals surface area contributed by atoms with Crippen LogP contribution in [0.1, 0.15) is 5.56 Å². The number of morpholine rings is 1. The van der Waals surface area contributed by atoms with Crippen LogP contribution in [0.15, 0.2) is 54.7 Å². The Morgan fingerprint density at radius 3 is 2.32 bits per heavy atom. The van der Waals surface area contributed by atoms with Gasteiger partial charge in [0, 0.05) is 36.2 Å². The second-order valence-electron chi connectivity index (χ2n) is 7.95. The van der Waals surface area contributed by atoms with Crippen molar-refractivity contribution in [1.29, 1.82) is 0 Å². The molecule has 3 heterocycles. The summed E-state index contributed by atoms with van der Waals surface area (Å²) >= 11 is 0. The summed E-state index contributed by atoms with van der Waals surface area (Å²) in [6.45, 7) is 2.73. The van der Waals surface area contributed by atoms with Crippen molar-refractivity contribution < 1.29 is 14.6 Å². The third-order valence-electron chi connectivity index (χ3n) is 5.64. The highest BCUT2D eigenvalue weighted by Gasteiger charge is 2.20. The average molecular weight is 460 g/mol. The number of fused-ring (bicyclic) bond motifs is 1. The maximum Gasteiger partial charge on any atom is 0.323 e. The van der Waals surface area contributed by atoms with Crippen LogP contribution in [0, 0.1) is 0 Å². The zero-order chi connectivity index (χ0) is 23.5. The molecule has 4 aromatic rings. The van der Waals surface area contributed by atoms with Crippen molar-refractivity contribution in [3.63, 3.8) is 0 Å². The molecule has 10 heteroatoms. The van der Waals surface area contributed by atoms with E-state index in [1.165, 1.54) is 0 Å². The van der Waals surface area contributed by atoms with Gasteiger partial charge in [0.25, 0.3) is 0 Å². The van der Waals surface area contributed by atoms with Gasteiger partial charge in [-0.2, -0.15) is 0 Å². The van der Waals surface area contributed by atoms with Crippen molar-refractivity contribution in [3.05, 3.63) is 60.3 Å². The molecule has 2 aromatic heterocycles. The van der Waals surface area contributed by atoms with Gasteiger partial charge in [-0.15, -0.1) is 0 Å². The van der Waals surface area contributed by atoms with Gasteiger partial charge >= 0.3 is 6.03 Å². The van der Waals surface area contributed by atoms with Crippen LogP contribution >= 0.6 is 0 Å². The third-order valence-corrected chi connectivity index (χ3v) is 5.64. The van der Waals surface area contributed by atoms with Crippen molar-refractivity contribution in [2.24, 2.45) is 0 Å². The van der Waals surface area contributed by atoms with E-state index in [2.05, 4.69) is 25.5 Å². The van der Waals surface area contributed by atoms with Crippen LogP contribution in [-0.4, -0.2) is 52.4 Å². The highest BCUT2D eigenvalue weighted by atomic mass is 16.5. The minimum Gasteiger partial charge on any atom is -0.396 e. The smallest absolute Gasteiger partial charge is 0.323 e. The Morgan fingerprint density at radius 1 is 1.03 bits per heavy atom. The third kappa shape index (κ3) is 4.49. The molecule has 1 aliphatic heterocycles. The molecule has 5 rings (SSSR count). The Balaban J connectivity index is 1.34. The number of aliphatic hydroxyl groups is 1. The number of urea groups is 1. The zero-order valence-corrected chi connectivity index (χ0v) is 18.4. The van der Waals surface area contributed by atoms with Crippen molar-refractivity contribution in [2.75, 3.05) is 47.6 Å². The average Bonchev–Trinajstić information content (AvgIpc) is 3.25. The highest BCUT2D eigenvalue weighted by Crippen LogP contribution is 2.30. The van der Waals surface area contributed by atoms with E-state index in [4.69, 9.17) is 20.6 Å². The highest BCUT2D eigenvalue weighted by molar-refractivity contribution is 6.00. The lowest BCUT2D eigenvalue weighted by Gasteiger charge is -2.28. The fourth-order valence-electron chi connectivity index (χ4n) is 3.83. The van der Waals surface area contributed by atoms with Crippen molar-refractivity contribution >= 4 is 39.9 Å². The molecule has 0 radical (unpaired) electrons. The number of amides is 2. The minimum atomic E-state index is -0.364. The lowest BCUT2D eigenvalue weighted by atomic mass is 10.2. The van der Waals surface area contributed by atoms with Gasteiger partial charge in [0.05, 0.1) is 25.5 Å². The van der Waals surface area contributed by atoms with E-state index in [-0.39, 0.29) is 12.6 Å². The quantitative estimate of drug-likeness (QED) is 0.309. The van der Waals surface area contributed by atoms with E-state index in [0.29, 0.717) is 41.6 Å². The molecule has 0 saturated carbocycles. The number of rotatable bonds is 5. The number of benzene rings is 2. The molecule has 10 nitrogen and oxygen atoms in total. The molecule has 1 fully saturated rings. The fourth-order valence-corrected chi connectivity index (χ4v) is 3.83. The van der Waals surface area contributed by atoms with E-state index < -0.39 is 0 Å². The van der Waals surface area contributed by atoms with Crippen LogP contribution in [0.5, 0.6) is 0 Å². The molecule has 0 bridgehead atoms. The van der Waals surface area contributed by atoms with Crippen molar-refractivity contribution in [2.45, 2.75) is 6.61 Å². The molecular formula is C24H25N7O3. The van der Waals surface area contributed by atoms with Gasteiger partial charge in [-0.25, -0.2) is 14.8 Å². The van der Waals surface area contributed by atoms with Crippen LogP contribution in [0.2, 0.25) is 0 Å². The first kappa shape index (κ1) is 21.7. The van der Waals surface area contributed by atoms with Gasteiger partial charge in [0.15, 0.2) is 11.6 Å². The van der Waals surface area contributed by atoms with E-state index in [0.717, 1.165) is 35.6 Å². The number of aromatic amines is 1. The monoisotopic (exact) mass is 459 g/mol. The summed E-state index contributed by atoms with van der Waals surface area (Å²) in [6, 6.07) is 13.9. The largest absolute Gasteiger partial charge is 0.396 e. The number of aromatic nitrogens is 3. The van der Waals surface area contributed by atoms with Gasteiger partial charge in [-0.3, -0.25) is 0 Å². The molecule has 0 aliphatic carbocycles. The molecular weight excluding hydrogens is 434 g/mol. The molecule has 0 atom stereocenters. The molecule has 0 spiro atoms. The Bertz CT molecular complexity index is 1300. The Morgan fingerprint density at radius 2 is 1.68 bits per heavy atom. The SMILES string of the molecule is Nc1c[nH]c2c(N3CCOCC3)nc(-c3ccc(NC(=O)Nc4ccc(CO)cc4)cc3)nc12. The number of nitrogens with one attached hydrogen (secondary N) is 3. The van der Waals surface area contributed by atoms with Gasteiger partial charge in [-0.1, -0.05) is 12.1 Å². The number of H-pyrrole nitrogens is 1. The number of nitrogens with two attached hydrogens (primary N) is 1. The molecule has 2 amide bonds. The summed E-state index contributed by atoms with van der Waals surface area (Å²) in [7, 11) is 0.